The Morgan fingerprint density at radius 3 is 2.44 bits per heavy atom. The van der Waals surface area contributed by atoms with Gasteiger partial charge in [-0.3, -0.25) is 9.59 Å². The highest BCUT2D eigenvalue weighted by Gasteiger charge is 2.19. The van der Waals surface area contributed by atoms with Crippen molar-refractivity contribution in [3.8, 4) is 5.75 Å². The van der Waals surface area contributed by atoms with Crippen LogP contribution in [-0.4, -0.2) is 51.9 Å². The third-order valence-electron chi connectivity index (χ3n) is 4.55. The van der Waals surface area contributed by atoms with E-state index < -0.39 is 28.5 Å². The van der Waals surface area contributed by atoms with Crippen LogP contribution in [0.25, 0.3) is 0 Å². The van der Waals surface area contributed by atoms with Gasteiger partial charge in [0.2, 0.25) is 10.0 Å². The Kier molecular flexibility index (Phi) is 9.06. The van der Waals surface area contributed by atoms with Crippen molar-refractivity contribution in [2.75, 3.05) is 32.6 Å². The van der Waals surface area contributed by atoms with Crippen LogP contribution in [0.15, 0.2) is 41.3 Å². The SMILES string of the molecule is Cc1ccc(S(=O)(=O)N(C)C)cc1NC(=O)COC(=O)CCCOc1ccc(Cl)cc1C. The molecule has 0 saturated heterocycles. The number of carbonyl (C=O) groups excluding carboxylic acids is 2. The molecule has 2 aromatic rings. The Labute approximate surface area is 193 Å². The number of hydrogen-bond acceptors (Lipinski definition) is 6. The van der Waals surface area contributed by atoms with Gasteiger partial charge in [-0.2, -0.15) is 0 Å². The summed E-state index contributed by atoms with van der Waals surface area (Å²) in [5.41, 5.74) is 1.91. The zero-order valence-corrected chi connectivity index (χ0v) is 20.0. The number of nitrogens with one attached hydrogen (secondary N) is 1. The highest BCUT2D eigenvalue weighted by molar-refractivity contribution is 7.89. The molecule has 1 amide bonds. The zero-order chi connectivity index (χ0) is 23.9. The average Bonchev–Trinajstić information content (AvgIpc) is 2.72. The number of aryl methyl sites for hydroxylation is 2. The maximum atomic E-state index is 12.3. The molecule has 0 saturated carbocycles. The number of rotatable bonds is 10. The number of hydrogen-bond donors (Lipinski definition) is 1. The minimum absolute atomic E-state index is 0.0521. The summed E-state index contributed by atoms with van der Waals surface area (Å²) < 4.78 is 36.2. The Hall–Kier alpha value is -2.62. The predicted octanol–water partition coefficient (Wildman–Crippen LogP) is 3.55. The first kappa shape index (κ1) is 25.6. The van der Waals surface area contributed by atoms with Crippen LogP contribution >= 0.6 is 11.6 Å². The van der Waals surface area contributed by atoms with Crippen LogP contribution in [0.5, 0.6) is 5.75 Å². The van der Waals surface area contributed by atoms with Crippen molar-refractivity contribution >= 4 is 39.2 Å². The van der Waals surface area contributed by atoms with E-state index in [1.54, 1.807) is 31.2 Å². The Morgan fingerprint density at radius 1 is 1.06 bits per heavy atom. The molecule has 0 fully saturated rings. The lowest BCUT2D eigenvalue weighted by Gasteiger charge is -2.14. The zero-order valence-electron chi connectivity index (χ0n) is 18.5. The van der Waals surface area contributed by atoms with Crippen LogP contribution < -0.4 is 10.1 Å². The van der Waals surface area contributed by atoms with Gasteiger partial charge in [-0.15, -0.1) is 0 Å². The lowest BCUT2D eigenvalue weighted by atomic mass is 10.2. The fourth-order valence-corrected chi connectivity index (χ4v) is 3.84. The predicted molar refractivity (Wildman–Crippen MR) is 123 cm³/mol. The molecule has 32 heavy (non-hydrogen) atoms. The van der Waals surface area contributed by atoms with E-state index in [4.69, 9.17) is 21.1 Å². The van der Waals surface area contributed by atoms with E-state index in [9.17, 15) is 18.0 Å². The summed E-state index contributed by atoms with van der Waals surface area (Å²) in [7, 11) is -0.787. The van der Waals surface area contributed by atoms with Crippen molar-refractivity contribution in [3.05, 3.63) is 52.5 Å². The van der Waals surface area contributed by atoms with Gasteiger partial charge in [0.05, 0.1) is 11.5 Å². The molecule has 0 atom stereocenters. The molecule has 10 heteroatoms. The van der Waals surface area contributed by atoms with E-state index >= 15 is 0 Å². The molecule has 0 aliphatic heterocycles. The standard InChI is InChI=1S/C22H27ClN2O6S/c1-15-7-9-18(32(28,29)25(3)4)13-19(15)24-21(26)14-31-22(27)6-5-11-30-20-10-8-17(23)12-16(20)2/h7-10,12-13H,5-6,11,14H2,1-4H3,(H,24,26). The van der Waals surface area contributed by atoms with Gasteiger partial charge in [-0.1, -0.05) is 17.7 Å². The maximum absolute atomic E-state index is 12.3. The van der Waals surface area contributed by atoms with Crippen molar-refractivity contribution in [2.45, 2.75) is 31.6 Å². The molecule has 0 unspecified atom stereocenters. The molecule has 0 aromatic heterocycles. The van der Waals surface area contributed by atoms with Gasteiger partial charge in [-0.05, 0) is 61.7 Å². The quantitative estimate of drug-likeness (QED) is 0.410. The first-order valence-corrected chi connectivity index (χ1v) is 11.7. The van der Waals surface area contributed by atoms with Crippen molar-refractivity contribution < 1.29 is 27.5 Å². The second kappa shape index (κ2) is 11.3. The molecule has 174 valence electrons. The van der Waals surface area contributed by atoms with E-state index in [2.05, 4.69) is 5.32 Å². The third-order valence-corrected chi connectivity index (χ3v) is 6.59. The number of halogens is 1. The summed E-state index contributed by atoms with van der Waals surface area (Å²) in [5.74, 6) is -0.401. The normalized spacial score (nSPS) is 11.3. The minimum atomic E-state index is -3.64. The van der Waals surface area contributed by atoms with Crippen LogP contribution in [0.1, 0.15) is 24.0 Å². The van der Waals surface area contributed by atoms with E-state index in [-0.39, 0.29) is 11.3 Å². The first-order valence-electron chi connectivity index (χ1n) is 9.88. The molecule has 0 heterocycles. The smallest absolute Gasteiger partial charge is 0.306 e. The van der Waals surface area contributed by atoms with Gasteiger partial charge in [0.1, 0.15) is 5.75 Å². The molecule has 0 aliphatic carbocycles. The molecular formula is C22H27ClN2O6S. The van der Waals surface area contributed by atoms with E-state index in [1.165, 1.54) is 26.2 Å². The molecule has 8 nitrogen and oxygen atoms in total. The topological polar surface area (TPSA) is 102 Å². The van der Waals surface area contributed by atoms with Crippen LogP contribution in [0.2, 0.25) is 5.02 Å². The number of sulfonamides is 1. The first-order chi connectivity index (χ1) is 15.0. The van der Waals surface area contributed by atoms with Crippen molar-refractivity contribution in [1.82, 2.24) is 4.31 Å². The van der Waals surface area contributed by atoms with Crippen molar-refractivity contribution in [3.63, 3.8) is 0 Å². The number of carbonyl (C=O) groups is 2. The lowest BCUT2D eigenvalue weighted by molar-refractivity contribution is -0.147. The van der Waals surface area contributed by atoms with Gasteiger partial charge in [0.15, 0.2) is 6.61 Å². The Balaban J connectivity index is 1.79. The number of nitrogens with zero attached hydrogens (tertiary/aromatic N) is 1. The Bertz CT molecular complexity index is 1090. The summed E-state index contributed by atoms with van der Waals surface area (Å²) >= 11 is 5.90. The summed E-state index contributed by atoms with van der Waals surface area (Å²) in [6.45, 7) is 3.45. The van der Waals surface area contributed by atoms with Gasteiger partial charge in [-0.25, -0.2) is 12.7 Å². The molecule has 0 aliphatic rings. The van der Waals surface area contributed by atoms with Crippen LogP contribution in [0, 0.1) is 13.8 Å². The fraction of sp³-hybridized carbons (Fsp3) is 0.364. The van der Waals surface area contributed by atoms with Crippen LogP contribution in [-0.2, 0) is 24.3 Å². The molecule has 0 spiro atoms. The van der Waals surface area contributed by atoms with Crippen molar-refractivity contribution in [2.24, 2.45) is 0 Å². The summed E-state index contributed by atoms with van der Waals surface area (Å²) in [6, 6.07) is 9.72. The highest BCUT2D eigenvalue weighted by atomic mass is 35.5. The molecule has 0 bridgehead atoms. The van der Waals surface area contributed by atoms with Gasteiger partial charge < -0.3 is 14.8 Å². The summed E-state index contributed by atoms with van der Waals surface area (Å²) in [5, 5.41) is 3.21. The molecular weight excluding hydrogens is 456 g/mol. The minimum Gasteiger partial charge on any atom is -0.493 e. The molecule has 2 rings (SSSR count). The van der Waals surface area contributed by atoms with Crippen molar-refractivity contribution in [1.29, 1.82) is 0 Å². The number of esters is 1. The molecule has 0 radical (unpaired) electrons. The second-order valence-corrected chi connectivity index (χ2v) is 9.92. The largest absolute Gasteiger partial charge is 0.493 e. The molecule has 2 aromatic carbocycles. The maximum Gasteiger partial charge on any atom is 0.306 e. The second-order valence-electron chi connectivity index (χ2n) is 7.33. The van der Waals surface area contributed by atoms with Gasteiger partial charge in [0, 0.05) is 31.2 Å². The summed E-state index contributed by atoms with van der Waals surface area (Å²) in [4.78, 5) is 24.1. The fourth-order valence-electron chi connectivity index (χ4n) is 2.68. The monoisotopic (exact) mass is 482 g/mol. The number of anilines is 1. The van der Waals surface area contributed by atoms with Gasteiger partial charge in [0.25, 0.3) is 5.91 Å². The van der Waals surface area contributed by atoms with Crippen LogP contribution in [0.3, 0.4) is 0 Å². The van der Waals surface area contributed by atoms with E-state index in [0.29, 0.717) is 35.1 Å². The number of amides is 1. The van der Waals surface area contributed by atoms with Gasteiger partial charge >= 0.3 is 5.97 Å². The molecule has 1 N–H and O–H groups in total. The lowest BCUT2D eigenvalue weighted by Crippen LogP contribution is -2.23. The van der Waals surface area contributed by atoms with Crippen LogP contribution in [0.4, 0.5) is 5.69 Å². The average molecular weight is 483 g/mol. The number of ether oxygens (including phenoxy) is 2. The van der Waals surface area contributed by atoms with E-state index in [1.807, 2.05) is 6.92 Å². The number of benzene rings is 2. The van der Waals surface area contributed by atoms with E-state index in [0.717, 1.165) is 9.87 Å². The third kappa shape index (κ3) is 7.22. The highest BCUT2D eigenvalue weighted by Crippen LogP contribution is 2.23. The summed E-state index contributed by atoms with van der Waals surface area (Å²) in [6.07, 6.45) is 0.515. The Morgan fingerprint density at radius 2 is 1.78 bits per heavy atom.